The van der Waals surface area contributed by atoms with Gasteiger partial charge in [0.1, 0.15) is 5.75 Å². The number of thiazole rings is 1. The number of carbonyl (C=O) groups excluding carboxylic acids is 2. The number of ketones is 1. The second-order valence-corrected chi connectivity index (χ2v) is 8.76. The number of urea groups is 1. The van der Waals surface area contributed by atoms with Crippen molar-refractivity contribution in [3.63, 3.8) is 0 Å². The van der Waals surface area contributed by atoms with Gasteiger partial charge in [0, 0.05) is 35.7 Å². The molecule has 2 amide bonds. The highest BCUT2D eigenvalue weighted by molar-refractivity contribution is 7.13. The molecule has 0 bridgehead atoms. The number of Topliss-reactive ketones (excluding diaryl/α,β-unsaturated/α-hetero) is 1. The van der Waals surface area contributed by atoms with Crippen LogP contribution in [0.15, 0.2) is 48.1 Å². The van der Waals surface area contributed by atoms with Gasteiger partial charge in [-0.15, -0.1) is 11.3 Å². The van der Waals surface area contributed by atoms with E-state index >= 15 is 0 Å². The van der Waals surface area contributed by atoms with Crippen LogP contribution in [0.4, 0.5) is 15.6 Å². The Bertz CT molecular complexity index is 1080. The molecule has 1 saturated carbocycles. The zero-order valence-corrected chi connectivity index (χ0v) is 18.8. The van der Waals surface area contributed by atoms with Gasteiger partial charge < -0.3 is 10.1 Å². The number of anilines is 2. The highest BCUT2D eigenvalue weighted by atomic mass is 32.1. The largest absolute Gasteiger partial charge is 0.493 e. The van der Waals surface area contributed by atoms with Crippen molar-refractivity contribution in [1.82, 2.24) is 9.97 Å². The Morgan fingerprint density at radius 1 is 1.12 bits per heavy atom. The quantitative estimate of drug-likeness (QED) is 0.443. The van der Waals surface area contributed by atoms with E-state index in [9.17, 15) is 9.59 Å². The van der Waals surface area contributed by atoms with Crippen molar-refractivity contribution in [2.45, 2.75) is 39.0 Å². The summed E-state index contributed by atoms with van der Waals surface area (Å²) >= 11 is 1.35. The monoisotopic (exact) mass is 450 g/mol. The highest BCUT2D eigenvalue weighted by Crippen LogP contribution is 2.31. The number of nitrogens with zero attached hydrogens (tertiary/aromatic N) is 2. The number of aryl methyl sites for hydroxylation is 1. The van der Waals surface area contributed by atoms with Crippen molar-refractivity contribution in [2.75, 3.05) is 17.2 Å². The molecule has 1 fully saturated rings. The number of rotatable bonds is 8. The molecule has 0 saturated heterocycles. The van der Waals surface area contributed by atoms with Gasteiger partial charge in [-0.3, -0.25) is 15.1 Å². The lowest BCUT2D eigenvalue weighted by Crippen LogP contribution is -2.22. The summed E-state index contributed by atoms with van der Waals surface area (Å²) in [6.45, 7) is 2.43. The van der Waals surface area contributed by atoms with Gasteiger partial charge in [0.05, 0.1) is 18.0 Å². The molecule has 0 unspecified atom stereocenters. The number of ether oxygens (including phenoxy) is 1. The second kappa shape index (κ2) is 10.4. The Labute approximate surface area is 191 Å². The Hall–Kier alpha value is -3.26. The molecule has 0 atom stereocenters. The third-order valence-corrected chi connectivity index (χ3v) is 6.27. The third-order valence-electron chi connectivity index (χ3n) is 5.46. The van der Waals surface area contributed by atoms with Crippen LogP contribution < -0.4 is 15.4 Å². The number of hydrogen-bond donors (Lipinski definition) is 2. The predicted octanol–water partition coefficient (Wildman–Crippen LogP) is 5.48. The van der Waals surface area contributed by atoms with Gasteiger partial charge in [-0.05, 0) is 44.0 Å². The molecule has 1 aliphatic rings. The lowest BCUT2D eigenvalue weighted by atomic mass is 9.94. The second-order valence-electron chi connectivity index (χ2n) is 7.90. The first-order chi connectivity index (χ1) is 15.6. The number of benzene rings is 1. The van der Waals surface area contributed by atoms with Gasteiger partial charge in [-0.2, -0.15) is 0 Å². The van der Waals surface area contributed by atoms with Gasteiger partial charge >= 0.3 is 6.03 Å². The molecule has 0 aliphatic heterocycles. The SMILES string of the molecule is Cc1ccc(NC(=O)Nc2nc(CCOc3ccncc3)cs2)c(C(=O)C2CCCC2)c1. The molecule has 1 aromatic carbocycles. The van der Waals surface area contributed by atoms with Crippen LogP contribution in [0.2, 0.25) is 0 Å². The van der Waals surface area contributed by atoms with E-state index in [0.29, 0.717) is 29.4 Å². The average molecular weight is 451 g/mol. The minimum absolute atomic E-state index is 0.0521. The summed E-state index contributed by atoms with van der Waals surface area (Å²) in [7, 11) is 0. The Balaban J connectivity index is 1.33. The van der Waals surface area contributed by atoms with Gasteiger partial charge in [0.2, 0.25) is 0 Å². The van der Waals surface area contributed by atoms with Crippen LogP contribution >= 0.6 is 11.3 Å². The standard InChI is InChI=1S/C24H26N4O3S/c1-16-6-7-21(20(14-16)22(29)17-4-2-3-5-17)27-23(30)28-24-26-18(15-32-24)10-13-31-19-8-11-25-12-9-19/h6-9,11-12,14-15,17H,2-5,10,13H2,1H3,(H2,26,27,28,30). The molecule has 7 nitrogen and oxygen atoms in total. The maximum atomic E-state index is 13.0. The van der Waals surface area contributed by atoms with Crippen LogP contribution in [-0.2, 0) is 6.42 Å². The lowest BCUT2D eigenvalue weighted by Gasteiger charge is -2.14. The number of aromatic nitrogens is 2. The van der Waals surface area contributed by atoms with Crippen LogP contribution in [0.3, 0.4) is 0 Å². The number of carbonyl (C=O) groups is 2. The molecule has 3 aromatic rings. The first-order valence-corrected chi connectivity index (χ1v) is 11.7. The average Bonchev–Trinajstić information content (AvgIpc) is 3.48. The summed E-state index contributed by atoms with van der Waals surface area (Å²) in [4.78, 5) is 33.9. The normalized spacial score (nSPS) is 13.7. The minimum Gasteiger partial charge on any atom is -0.493 e. The molecule has 32 heavy (non-hydrogen) atoms. The zero-order chi connectivity index (χ0) is 22.3. The molecule has 2 heterocycles. The van der Waals surface area contributed by atoms with Crippen LogP contribution in [0, 0.1) is 12.8 Å². The first kappa shape index (κ1) is 22.0. The highest BCUT2D eigenvalue weighted by Gasteiger charge is 2.26. The Morgan fingerprint density at radius 3 is 2.69 bits per heavy atom. The van der Waals surface area contributed by atoms with Crippen LogP contribution in [0.1, 0.15) is 47.3 Å². The van der Waals surface area contributed by atoms with Crippen molar-refractivity contribution < 1.29 is 14.3 Å². The molecular formula is C24H26N4O3S. The summed E-state index contributed by atoms with van der Waals surface area (Å²) in [6, 6.07) is 8.74. The molecule has 8 heteroatoms. The fourth-order valence-electron chi connectivity index (χ4n) is 3.82. The van der Waals surface area contributed by atoms with E-state index < -0.39 is 6.03 Å². The van der Waals surface area contributed by atoms with Crippen molar-refractivity contribution in [3.8, 4) is 5.75 Å². The van der Waals surface area contributed by atoms with E-state index in [-0.39, 0.29) is 11.7 Å². The Morgan fingerprint density at radius 2 is 1.91 bits per heavy atom. The van der Waals surface area contributed by atoms with Crippen molar-refractivity contribution >= 4 is 34.0 Å². The summed E-state index contributed by atoms with van der Waals surface area (Å²) in [6.07, 6.45) is 8.01. The molecule has 2 N–H and O–H groups in total. The summed E-state index contributed by atoms with van der Waals surface area (Å²) < 4.78 is 5.66. The molecule has 0 radical (unpaired) electrons. The summed E-state index contributed by atoms with van der Waals surface area (Å²) in [5.41, 5.74) is 2.95. The van der Waals surface area contributed by atoms with Gasteiger partial charge in [-0.1, -0.05) is 24.5 Å². The van der Waals surface area contributed by atoms with E-state index in [1.54, 1.807) is 30.6 Å². The minimum atomic E-state index is -0.414. The maximum absolute atomic E-state index is 13.0. The molecule has 0 spiro atoms. The smallest absolute Gasteiger partial charge is 0.325 e. The maximum Gasteiger partial charge on any atom is 0.325 e. The lowest BCUT2D eigenvalue weighted by molar-refractivity contribution is 0.0923. The van der Waals surface area contributed by atoms with Gasteiger partial charge in [-0.25, -0.2) is 9.78 Å². The fraction of sp³-hybridized carbons (Fsp3) is 0.333. The summed E-state index contributed by atoms with van der Waals surface area (Å²) in [5.74, 6) is 0.928. The van der Waals surface area contributed by atoms with Crippen LogP contribution in [0.5, 0.6) is 5.75 Å². The van der Waals surface area contributed by atoms with E-state index in [1.165, 1.54) is 11.3 Å². The van der Waals surface area contributed by atoms with Crippen LogP contribution in [0.25, 0.3) is 0 Å². The van der Waals surface area contributed by atoms with E-state index in [1.807, 2.05) is 24.4 Å². The topological polar surface area (TPSA) is 93.2 Å². The predicted molar refractivity (Wildman–Crippen MR) is 126 cm³/mol. The molecule has 4 rings (SSSR count). The zero-order valence-electron chi connectivity index (χ0n) is 18.0. The van der Waals surface area contributed by atoms with Crippen LogP contribution in [-0.4, -0.2) is 28.4 Å². The molecule has 1 aliphatic carbocycles. The van der Waals surface area contributed by atoms with Crippen molar-refractivity contribution in [1.29, 1.82) is 0 Å². The van der Waals surface area contributed by atoms with E-state index in [4.69, 9.17) is 4.74 Å². The fourth-order valence-corrected chi connectivity index (χ4v) is 4.56. The summed E-state index contributed by atoms with van der Waals surface area (Å²) in [5, 5.41) is 7.99. The van der Waals surface area contributed by atoms with Crippen molar-refractivity contribution in [2.24, 2.45) is 5.92 Å². The van der Waals surface area contributed by atoms with E-state index in [2.05, 4.69) is 20.6 Å². The van der Waals surface area contributed by atoms with Gasteiger partial charge in [0.15, 0.2) is 10.9 Å². The number of amides is 2. The van der Waals surface area contributed by atoms with Gasteiger partial charge in [0.25, 0.3) is 0 Å². The number of pyridine rings is 1. The number of hydrogen-bond acceptors (Lipinski definition) is 6. The molecule has 166 valence electrons. The Kier molecular flexibility index (Phi) is 7.11. The molecular weight excluding hydrogens is 424 g/mol. The third kappa shape index (κ3) is 5.70. The first-order valence-electron chi connectivity index (χ1n) is 10.8. The molecule has 2 aromatic heterocycles. The number of nitrogens with one attached hydrogen (secondary N) is 2. The van der Waals surface area contributed by atoms with Crippen molar-refractivity contribution in [3.05, 3.63) is 64.9 Å². The van der Waals surface area contributed by atoms with E-state index in [0.717, 1.165) is 42.7 Å².